The number of allylic oxidation sites excluding steroid dienone is 5. The standard InChI is InChI=1S/C18H30O2/c1-15(2)7-5-8-16(3)9-6-10-17(4)11-12-19-13-18-14-20-18/h7,9,11,18H,5-6,8,10,12-14H2,1-4H3. The van der Waals surface area contributed by atoms with Crippen LogP contribution in [-0.4, -0.2) is 25.9 Å². The van der Waals surface area contributed by atoms with E-state index in [0.29, 0.717) is 6.10 Å². The molecule has 114 valence electrons. The van der Waals surface area contributed by atoms with Crippen molar-refractivity contribution < 1.29 is 9.47 Å². The molecule has 0 aromatic rings. The fraction of sp³-hybridized carbons (Fsp3) is 0.667. The first kappa shape index (κ1) is 17.2. The van der Waals surface area contributed by atoms with Gasteiger partial charge in [-0.2, -0.15) is 0 Å². The average molecular weight is 278 g/mol. The molecule has 0 amide bonds. The monoisotopic (exact) mass is 278 g/mol. The van der Waals surface area contributed by atoms with Crippen molar-refractivity contribution >= 4 is 0 Å². The van der Waals surface area contributed by atoms with Gasteiger partial charge in [-0.15, -0.1) is 0 Å². The molecule has 1 heterocycles. The van der Waals surface area contributed by atoms with E-state index in [-0.39, 0.29) is 0 Å². The Morgan fingerprint density at radius 3 is 2.20 bits per heavy atom. The molecule has 1 rings (SSSR count). The van der Waals surface area contributed by atoms with Crippen LogP contribution in [0.2, 0.25) is 0 Å². The number of hydrogen-bond acceptors (Lipinski definition) is 2. The molecular formula is C18H30O2. The summed E-state index contributed by atoms with van der Waals surface area (Å²) in [6.07, 6.45) is 11.8. The average Bonchev–Trinajstić information content (AvgIpc) is 3.18. The van der Waals surface area contributed by atoms with E-state index in [1.165, 1.54) is 23.1 Å². The normalized spacial score (nSPS) is 19.1. The van der Waals surface area contributed by atoms with Gasteiger partial charge < -0.3 is 9.47 Å². The smallest absolute Gasteiger partial charge is 0.104 e. The van der Waals surface area contributed by atoms with Crippen LogP contribution < -0.4 is 0 Å². The van der Waals surface area contributed by atoms with E-state index in [0.717, 1.165) is 39.1 Å². The highest BCUT2D eigenvalue weighted by molar-refractivity contribution is 5.05. The van der Waals surface area contributed by atoms with Crippen LogP contribution in [0.25, 0.3) is 0 Å². The minimum absolute atomic E-state index is 0.370. The van der Waals surface area contributed by atoms with Crippen LogP contribution in [0, 0.1) is 0 Å². The molecule has 1 atom stereocenters. The third-order valence-electron chi connectivity index (χ3n) is 3.38. The summed E-state index contributed by atoms with van der Waals surface area (Å²) in [6.45, 7) is 11.1. The molecular weight excluding hydrogens is 248 g/mol. The van der Waals surface area contributed by atoms with E-state index < -0.39 is 0 Å². The predicted octanol–water partition coefficient (Wildman–Crippen LogP) is 4.82. The highest BCUT2D eigenvalue weighted by atomic mass is 16.6. The van der Waals surface area contributed by atoms with Crippen LogP contribution in [0.4, 0.5) is 0 Å². The molecule has 0 saturated carbocycles. The van der Waals surface area contributed by atoms with Crippen LogP contribution in [0.1, 0.15) is 53.4 Å². The van der Waals surface area contributed by atoms with E-state index in [1.54, 1.807) is 0 Å². The first-order valence-corrected chi connectivity index (χ1v) is 7.72. The molecule has 0 radical (unpaired) electrons. The second-order valence-electron chi connectivity index (χ2n) is 5.95. The number of ether oxygens (including phenoxy) is 2. The highest BCUT2D eigenvalue weighted by Gasteiger charge is 2.21. The van der Waals surface area contributed by atoms with Gasteiger partial charge in [0.05, 0.1) is 19.8 Å². The molecule has 1 unspecified atom stereocenters. The van der Waals surface area contributed by atoms with Crippen LogP contribution in [0.5, 0.6) is 0 Å². The number of rotatable bonds is 10. The first-order chi connectivity index (χ1) is 9.58. The van der Waals surface area contributed by atoms with Gasteiger partial charge in [0.1, 0.15) is 6.10 Å². The lowest BCUT2D eigenvalue weighted by atomic mass is 10.1. The van der Waals surface area contributed by atoms with Gasteiger partial charge in [-0.1, -0.05) is 34.9 Å². The summed E-state index contributed by atoms with van der Waals surface area (Å²) in [5.41, 5.74) is 4.32. The quantitative estimate of drug-likeness (QED) is 0.324. The zero-order valence-electron chi connectivity index (χ0n) is 13.6. The molecule has 1 fully saturated rings. The molecule has 1 saturated heterocycles. The lowest BCUT2D eigenvalue weighted by Gasteiger charge is -2.02. The van der Waals surface area contributed by atoms with E-state index in [2.05, 4.69) is 45.9 Å². The highest BCUT2D eigenvalue weighted by Crippen LogP contribution is 2.12. The van der Waals surface area contributed by atoms with Crippen molar-refractivity contribution in [2.45, 2.75) is 59.5 Å². The molecule has 0 aliphatic carbocycles. The maximum Gasteiger partial charge on any atom is 0.104 e. The van der Waals surface area contributed by atoms with E-state index >= 15 is 0 Å². The lowest BCUT2D eigenvalue weighted by molar-refractivity contribution is 0.140. The molecule has 1 aliphatic rings. The topological polar surface area (TPSA) is 21.8 Å². The second kappa shape index (κ2) is 9.95. The van der Waals surface area contributed by atoms with Gasteiger partial charge in [-0.3, -0.25) is 0 Å². The Morgan fingerprint density at radius 1 is 1.00 bits per heavy atom. The Kier molecular flexibility index (Phi) is 8.56. The van der Waals surface area contributed by atoms with Gasteiger partial charge in [-0.05, 0) is 53.4 Å². The summed E-state index contributed by atoms with van der Waals surface area (Å²) in [6, 6.07) is 0. The van der Waals surface area contributed by atoms with Crippen molar-refractivity contribution in [1.82, 2.24) is 0 Å². The molecule has 0 spiro atoms. The Morgan fingerprint density at radius 2 is 1.60 bits per heavy atom. The molecule has 1 aliphatic heterocycles. The summed E-state index contributed by atoms with van der Waals surface area (Å²) < 4.78 is 10.6. The Balaban J connectivity index is 2.07. The van der Waals surface area contributed by atoms with Gasteiger partial charge in [0.15, 0.2) is 0 Å². The molecule has 0 aromatic heterocycles. The van der Waals surface area contributed by atoms with Gasteiger partial charge in [0.2, 0.25) is 0 Å². The molecule has 20 heavy (non-hydrogen) atoms. The van der Waals surface area contributed by atoms with Crippen molar-refractivity contribution in [2.24, 2.45) is 0 Å². The van der Waals surface area contributed by atoms with Crippen molar-refractivity contribution in [3.8, 4) is 0 Å². The number of hydrogen-bond donors (Lipinski definition) is 0. The molecule has 0 aromatic carbocycles. The Hall–Kier alpha value is -0.860. The third kappa shape index (κ3) is 9.99. The summed E-state index contributed by atoms with van der Waals surface area (Å²) in [4.78, 5) is 0. The van der Waals surface area contributed by atoms with Gasteiger partial charge >= 0.3 is 0 Å². The predicted molar refractivity (Wildman–Crippen MR) is 86.0 cm³/mol. The molecule has 2 heteroatoms. The SMILES string of the molecule is CC(C)=CCCC(C)=CCCC(C)=CCOCC1CO1. The molecule has 2 nitrogen and oxygen atoms in total. The van der Waals surface area contributed by atoms with Gasteiger partial charge in [0.25, 0.3) is 0 Å². The molecule has 0 bridgehead atoms. The van der Waals surface area contributed by atoms with Crippen LogP contribution in [-0.2, 0) is 9.47 Å². The third-order valence-corrected chi connectivity index (χ3v) is 3.38. The minimum atomic E-state index is 0.370. The van der Waals surface area contributed by atoms with E-state index in [1.807, 2.05) is 0 Å². The van der Waals surface area contributed by atoms with Crippen LogP contribution in [0.15, 0.2) is 34.9 Å². The van der Waals surface area contributed by atoms with E-state index in [4.69, 9.17) is 9.47 Å². The van der Waals surface area contributed by atoms with Crippen molar-refractivity contribution in [3.63, 3.8) is 0 Å². The summed E-state index contributed by atoms with van der Waals surface area (Å²) >= 11 is 0. The molecule has 0 N–H and O–H groups in total. The van der Waals surface area contributed by atoms with Crippen molar-refractivity contribution in [1.29, 1.82) is 0 Å². The van der Waals surface area contributed by atoms with Crippen LogP contribution in [0.3, 0.4) is 0 Å². The summed E-state index contributed by atoms with van der Waals surface area (Å²) in [7, 11) is 0. The minimum Gasteiger partial charge on any atom is -0.375 e. The number of epoxide rings is 1. The Bertz CT molecular complexity index is 356. The van der Waals surface area contributed by atoms with Gasteiger partial charge in [-0.25, -0.2) is 0 Å². The zero-order chi connectivity index (χ0) is 14.8. The largest absolute Gasteiger partial charge is 0.375 e. The van der Waals surface area contributed by atoms with Crippen LogP contribution >= 0.6 is 0 Å². The van der Waals surface area contributed by atoms with Crippen molar-refractivity contribution in [3.05, 3.63) is 34.9 Å². The summed E-state index contributed by atoms with van der Waals surface area (Å²) in [5.74, 6) is 0. The van der Waals surface area contributed by atoms with E-state index in [9.17, 15) is 0 Å². The summed E-state index contributed by atoms with van der Waals surface area (Å²) in [5, 5.41) is 0. The second-order valence-corrected chi connectivity index (χ2v) is 5.95. The first-order valence-electron chi connectivity index (χ1n) is 7.72. The van der Waals surface area contributed by atoms with Crippen molar-refractivity contribution in [2.75, 3.05) is 19.8 Å². The lowest BCUT2D eigenvalue weighted by Crippen LogP contribution is -2.01. The fourth-order valence-corrected chi connectivity index (χ4v) is 1.90. The zero-order valence-corrected chi connectivity index (χ0v) is 13.6. The maximum atomic E-state index is 5.51. The maximum absolute atomic E-state index is 5.51. The van der Waals surface area contributed by atoms with Gasteiger partial charge in [0, 0.05) is 0 Å². The Labute approximate surface area is 124 Å². The fourth-order valence-electron chi connectivity index (χ4n) is 1.90.